The molecule has 140 valence electrons. The number of aromatic hydroxyl groups is 1. The van der Waals surface area contributed by atoms with Crippen LogP contribution < -0.4 is 9.46 Å². The first-order valence-electron chi connectivity index (χ1n) is 7.89. The number of ether oxygens (including phenoxy) is 2. The highest BCUT2D eigenvalue weighted by molar-refractivity contribution is 7.89. The van der Waals surface area contributed by atoms with E-state index in [0.29, 0.717) is 0 Å². The van der Waals surface area contributed by atoms with Gasteiger partial charge in [0.1, 0.15) is 5.75 Å². The van der Waals surface area contributed by atoms with E-state index in [1.54, 1.807) is 0 Å². The Morgan fingerprint density at radius 2 is 1.96 bits per heavy atom. The molecule has 1 aliphatic heterocycles. The monoisotopic (exact) mass is 381 g/mol. The van der Waals surface area contributed by atoms with Crippen LogP contribution in [0.2, 0.25) is 0 Å². The van der Waals surface area contributed by atoms with Gasteiger partial charge in [-0.3, -0.25) is 0 Å². The van der Waals surface area contributed by atoms with Crippen LogP contribution in [0.1, 0.15) is 25.7 Å². The van der Waals surface area contributed by atoms with Gasteiger partial charge in [-0.1, -0.05) is 18.9 Å². The number of phenols is 1. The number of phenolic OH excluding ortho intramolecular Hbond substituents is 1. The molecule has 0 spiro atoms. The van der Waals surface area contributed by atoms with Crippen LogP contribution in [0.15, 0.2) is 23.1 Å². The largest absolute Gasteiger partial charge is 0.573 e. The van der Waals surface area contributed by atoms with Gasteiger partial charge in [0.05, 0.1) is 18.8 Å². The van der Waals surface area contributed by atoms with Crippen molar-refractivity contribution in [1.82, 2.24) is 4.72 Å². The van der Waals surface area contributed by atoms with E-state index in [2.05, 4.69) is 9.46 Å². The zero-order valence-electron chi connectivity index (χ0n) is 13.1. The van der Waals surface area contributed by atoms with Crippen molar-refractivity contribution >= 4 is 10.0 Å². The van der Waals surface area contributed by atoms with Gasteiger partial charge in [0.25, 0.3) is 0 Å². The molecule has 0 amide bonds. The molecule has 0 radical (unpaired) electrons. The number of nitrogens with one attached hydrogen (secondary N) is 1. The summed E-state index contributed by atoms with van der Waals surface area (Å²) in [4.78, 5) is -0.924. The fourth-order valence-corrected chi connectivity index (χ4v) is 4.98. The molecule has 0 bridgehead atoms. The molecular weight excluding hydrogens is 363 g/mol. The number of alkyl halides is 3. The minimum Gasteiger partial charge on any atom is -0.506 e. The predicted molar refractivity (Wildman–Crippen MR) is 80.6 cm³/mol. The normalized spacial score (nSPS) is 27.1. The van der Waals surface area contributed by atoms with Crippen molar-refractivity contribution in [3.05, 3.63) is 18.2 Å². The molecule has 25 heavy (non-hydrogen) atoms. The Morgan fingerprint density at radius 3 is 2.68 bits per heavy atom. The third-order valence-corrected chi connectivity index (χ3v) is 6.08. The van der Waals surface area contributed by atoms with E-state index >= 15 is 0 Å². The molecule has 3 rings (SSSR count). The van der Waals surface area contributed by atoms with E-state index in [0.717, 1.165) is 43.9 Å². The van der Waals surface area contributed by atoms with Crippen LogP contribution in [0.25, 0.3) is 0 Å². The Hall–Kier alpha value is -1.52. The third-order valence-electron chi connectivity index (χ3n) is 4.52. The summed E-state index contributed by atoms with van der Waals surface area (Å²) in [5, 5.41) is 9.83. The SMILES string of the molecule is O=S(=O)(NC1COC2CCCCC12)c1c(O)cccc1OC(F)(F)F. The molecule has 2 fully saturated rings. The van der Waals surface area contributed by atoms with Gasteiger partial charge in [0.15, 0.2) is 10.6 Å². The molecule has 1 heterocycles. The Labute approximate surface area is 143 Å². The summed E-state index contributed by atoms with van der Waals surface area (Å²) in [6.45, 7) is 0.150. The summed E-state index contributed by atoms with van der Waals surface area (Å²) in [7, 11) is -4.43. The quantitative estimate of drug-likeness (QED) is 0.837. The lowest BCUT2D eigenvalue weighted by Crippen LogP contribution is -2.42. The van der Waals surface area contributed by atoms with Gasteiger partial charge in [0, 0.05) is 5.92 Å². The average Bonchev–Trinajstić information content (AvgIpc) is 2.88. The van der Waals surface area contributed by atoms with Crippen molar-refractivity contribution < 1.29 is 36.2 Å². The molecule has 1 saturated heterocycles. The molecule has 3 atom stereocenters. The molecule has 1 aliphatic carbocycles. The molecule has 1 aromatic carbocycles. The highest BCUT2D eigenvalue weighted by Gasteiger charge is 2.42. The van der Waals surface area contributed by atoms with Crippen molar-refractivity contribution in [2.24, 2.45) is 5.92 Å². The molecule has 6 nitrogen and oxygen atoms in total. The van der Waals surface area contributed by atoms with Crippen LogP contribution in [-0.2, 0) is 14.8 Å². The molecule has 1 aromatic rings. The second-order valence-electron chi connectivity index (χ2n) is 6.20. The lowest BCUT2D eigenvalue weighted by molar-refractivity contribution is -0.275. The van der Waals surface area contributed by atoms with Crippen molar-refractivity contribution in [1.29, 1.82) is 0 Å². The number of rotatable bonds is 4. The highest BCUT2D eigenvalue weighted by atomic mass is 32.2. The molecule has 2 N–H and O–H groups in total. The van der Waals surface area contributed by atoms with Crippen molar-refractivity contribution in [3.63, 3.8) is 0 Å². The lowest BCUT2D eigenvalue weighted by Gasteiger charge is -2.27. The maximum absolute atomic E-state index is 12.6. The molecule has 10 heteroatoms. The average molecular weight is 381 g/mol. The van der Waals surface area contributed by atoms with Crippen molar-refractivity contribution in [2.75, 3.05) is 6.61 Å². The molecule has 2 aliphatic rings. The summed E-state index contributed by atoms with van der Waals surface area (Å²) in [6.07, 6.45) is -1.56. The number of fused-ring (bicyclic) bond motifs is 1. The predicted octanol–water partition coefficient (Wildman–Crippen LogP) is 2.53. The summed E-state index contributed by atoms with van der Waals surface area (Å²) in [5.74, 6) is -1.81. The molecule has 0 aromatic heterocycles. The Balaban J connectivity index is 1.87. The first-order valence-corrected chi connectivity index (χ1v) is 9.37. The number of hydrogen-bond donors (Lipinski definition) is 2. The zero-order valence-corrected chi connectivity index (χ0v) is 13.9. The minimum atomic E-state index is -5.08. The summed E-state index contributed by atoms with van der Waals surface area (Å²) < 4.78 is 74.5. The summed E-state index contributed by atoms with van der Waals surface area (Å²) in [5.41, 5.74) is 0. The summed E-state index contributed by atoms with van der Waals surface area (Å²) in [6, 6.07) is 2.36. The van der Waals surface area contributed by atoms with Gasteiger partial charge < -0.3 is 14.6 Å². The standard InChI is InChI=1S/C15H18F3NO5S/c16-15(17,18)24-13-7-3-5-11(20)14(13)25(21,22)19-10-8-23-12-6-2-1-4-9(10)12/h3,5,7,9-10,12,19-20H,1-2,4,6,8H2. The van der Waals surface area contributed by atoms with Crippen molar-refractivity contribution in [3.8, 4) is 11.5 Å². The third kappa shape index (κ3) is 4.01. The van der Waals surface area contributed by atoms with Crippen LogP contribution in [0.3, 0.4) is 0 Å². The maximum Gasteiger partial charge on any atom is 0.573 e. The fraction of sp³-hybridized carbons (Fsp3) is 0.600. The number of hydrogen-bond acceptors (Lipinski definition) is 5. The van der Waals surface area contributed by atoms with E-state index in [9.17, 15) is 26.7 Å². The minimum absolute atomic E-state index is 0.0265. The van der Waals surface area contributed by atoms with Crippen LogP contribution in [0, 0.1) is 5.92 Å². The first kappa shape index (κ1) is 18.3. The molecule has 1 saturated carbocycles. The fourth-order valence-electron chi connectivity index (χ4n) is 3.50. The van der Waals surface area contributed by atoms with Gasteiger partial charge in [-0.15, -0.1) is 13.2 Å². The van der Waals surface area contributed by atoms with Gasteiger partial charge in [-0.25, -0.2) is 13.1 Å². The van der Waals surface area contributed by atoms with E-state index in [-0.39, 0.29) is 18.6 Å². The first-order chi connectivity index (χ1) is 11.7. The van der Waals surface area contributed by atoms with Crippen LogP contribution in [0.4, 0.5) is 13.2 Å². The smallest absolute Gasteiger partial charge is 0.506 e. The topological polar surface area (TPSA) is 84.9 Å². The molecular formula is C15H18F3NO5S. The second kappa shape index (κ2) is 6.65. The van der Waals surface area contributed by atoms with Gasteiger partial charge in [0.2, 0.25) is 10.0 Å². The van der Waals surface area contributed by atoms with E-state index < -0.39 is 38.8 Å². The highest BCUT2D eigenvalue weighted by Crippen LogP contribution is 2.38. The van der Waals surface area contributed by atoms with Crippen LogP contribution >= 0.6 is 0 Å². The summed E-state index contributed by atoms with van der Waals surface area (Å²) >= 11 is 0. The molecule has 3 unspecified atom stereocenters. The number of benzene rings is 1. The number of sulfonamides is 1. The Bertz CT molecular complexity index is 737. The zero-order chi connectivity index (χ0) is 18.2. The van der Waals surface area contributed by atoms with E-state index in [1.807, 2.05) is 0 Å². The van der Waals surface area contributed by atoms with Crippen LogP contribution in [0.5, 0.6) is 11.5 Å². The maximum atomic E-state index is 12.6. The van der Waals surface area contributed by atoms with Crippen molar-refractivity contribution in [2.45, 2.75) is 49.1 Å². The van der Waals surface area contributed by atoms with Crippen LogP contribution in [-0.4, -0.2) is 38.6 Å². The lowest BCUT2D eigenvalue weighted by atomic mass is 9.84. The van der Waals surface area contributed by atoms with Gasteiger partial charge >= 0.3 is 6.36 Å². The second-order valence-corrected chi connectivity index (χ2v) is 7.85. The van der Waals surface area contributed by atoms with E-state index in [4.69, 9.17) is 4.74 Å². The van der Waals surface area contributed by atoms with E-state index in [1.165, 1.54) is 0 Å². The van der Waals surface area contributed by atoms with Gasteiger partial charge in [-0.05, 0) is 25.0 Å². The van der Waals surface area contributed by atoms with Gasteiger partial charge in [-0.2, -0.15) is 0 Å². The Kier molecular flexibility index (Phi) is 4.86. The number of halogens is 3. The Morgan fingerprint density at radius 1 is 1.24 bits per heavy atom.